The van der Waals surface area contributed by atoms with Crippen molar-refractivity contribution in [2.75, 3.05) is 0 Å². The molecule has 0 bridgehead atoms. The van der Waals surface area contributed by atoms with E-state index in [0.717, 1.165) is 15.6 Å². The number of carboxylic acid groups (broad SMARTS) is 1. The van der Waals surface area contributed by atoms with E-state index in [0.29, 0.717) is 20.7 Å². The summed E-state index contributed by atoms with van der Waals surface area (Å²) < 4.78 is 0.984. The predicted molar refractivity (Wildman–Crippen MR) is 87.6 cm³/mol. The molecule has 6 heteroatoms. The van der Waals surface area contributed by atoms with E-state index in [-0.39, 0.29) is 0 Å². The van der Waals surface area contributed by atoms with Crippen molar-refractivity contribution in [2.45, 2.75) is 10.8 Å². The van der Waals surface area contributed by atoms with E-state index in [4.69, 9.17) is 11.6 Å². The van der Waals surface area contributed by atoms with Gasteiger partial charge in [-0.1, -0.05) is 29.8 Å². The van der Waals surface area contributed by atoms with Crippen LogP contribution in [0, 0.1) is 0 Å². The number of carbonyl (C=O) groups is 1. The Bertz CT molecular complexity index is 816. The van der Waals surface area contributed by atoms with Crippen LogP contribution in [-0.4, -0.2) is 16.1 Å². The number of nitrogens with zero attached hydrogens (tertiary/aromatic N) is 1. The first-order valence-electron chi connectivity index (χ1n) is 6.14. The summed E-state index contributed by atoms with van der Waals surface area (Å²) in [5.74, 6) is -0.360. The highest BCUT2D eigenvalue weighted by Gasteiger charge is 2.18. The molecule has 3 rings (SSSR count). The first-order valence-corrected chi connectivity index (χ1v) is 8.32. The lowest BCUT2D eigenvalue weighted by molar-refractivity contribution is 0.0701. The van der Waals surface area contributed by atoms with Gasteiger partial charge < -0.3 is 5.11 Å². The topological polar surface area (TPSA) is 50.2 Å². The number of benzene rings is 1. The number of hydrogen-bond donors (Lipinski definition) is 1. The van der Waals surface area contributed by atoms with Gasteiger partial charge in [-0.2, -0.15) is 0 Å². The summed E-state index contributed by atoms with van der Waals surface area (Å²) in [5.41, 5.74) is 0.829. The minimum Gasteiger partial charge on any atom is -0.477 e. The van der Waals surface area contributed by atoms with Crippen LogP contribution in [0.2, 0.25) is 5.02 Å². The number of halogens is 1. The molecular weight excluding hydrogens is 326 g/mol. The highest BCUT2D eigenvalue weighted by Crippen LogP contribution is 2.36. The summed E-state index contributed by atoms with van der Waals surface area (Å²) in [4.78, 5) is 16.0. The van der Waals surface area contributed by atoms with E-state index in [1.54, 1.807) is 18.3 Å². The highest BCUT2D eigenvalue weighted by molar-refractivity contribution is 7.98. The molecular formula is C15H10ClNO2S2. The molecule has 0 radical (unpaired) electrons. The van der Waals surface area contributed by atoms with Gasteiger partial charge in [0.05, 0.1) is 5.02 Å². The second-order valence-corrected chi connectivity index (χ2v) is 6.71. The van der Waals surface area contributed by atoms with E-state index < -0.39 is 5.97 Å². The largest absolute Gasteiger partial charge is 0.477 e. The lowest BCUT2D eigenvalue weighted by Gasteiger charge is -2.03. The second kappa shape index (κ2) is 6.05. The minimum absolute atomic E-state index is 0.385. The molecule has 0 atom stereocenters. The summed E-state index contributed by atoms with van der Waals surface area (Å²) >= 11 is 8.84. The van der Waals surface area contributed by atoms with Crippen LogP contribution in [0.5, 0.6) is 0 Å². The van der Waals surface area contributed by atoms with Crippen LogP contribution in [0.4, 0.5) is 0 Å². The van der Waals surface area contributed by atoms with Gasteiger partial charge in [0.1, 0.15) is 9.90 Å². The third-order valence-electron chi connectivity index (χ3n) is 2.97. The molecule has 3 nitrogen and oxygen atoms in total. The zero-order valence-electron chi connectivity index (χ0n) is 10.7. The molecule has 0 aliphatic heterocycles. The van der Waals surface area contributed by atoms with Gasteiger partial charge >= 0.3 is 5.97 Å². The van der Waals surface area contributed by atoms with Gasteiger partial charge in [0.2, 0.25) is 0 Å². The lowest BCUT2D eigenvalue weighted by atomic mass is 10.1. The molecule has 0 aliphatic rings. The van der Waals surface area contributed by atoms with Crippen LogP contribution in [0.3, 0.4) is 0 Å². The highest BCUT2D eigenvalue weighted by atomic mass is 35.5. The first kappa shape index (κ1) is 14.4. The molecule has 1 N–H and O–H groups in total. The van der Waals surface area contributed by atoms with Crippen LogP contribution in [0.1, 0.15) is 15.2 Å². The van der Waals surface area contributed by atoms with Gasteiger partial charge in [-0.3, -0.25) is 0 Å². The van der Waals surface area contributed by atoms with Crippen LogP contribution in [0.25, 0.3) is 10.1 Å². The van der Waals surface area contributed by atoms with Crippen molar-refractivity contribution in [2.24, 2.45) is 0 Å². The van der Waals surface area contributed by atoms with Gasteiger partial charge in [0, 0.05) is 16.6 Å². The number of carboxylic acids is 1. The molecule has 106 valence electrons. The predicted octanol–water partition coefficient (Wildman–Crippen LogP) is 4.94. The summed E-state index contributed by atoms with van der Waals surface area (Å²) in [5, 5.41) is 11.7. The molecule has 0 saturated heterocycles. The van der Waals surface area contributed by atoms with Crippen LogP contribution >= 0.6 is 34.7 Å². The number of thiophene rings is 1. The van der Waals surface area contributed by atoms with Gasteiger partial charge in [0.15, 0.2) is 0 Å². The molecule has 0 saturated carbocycles. The average molecular weight is 336 g/mol. The number of rotatable bonds is 4. The summed E-state index contributed by atoms with van der Waals surface area (Å²) in [6.45, 7) is 0. The van der Waals surface area contributed by atoms with E-state index in [2.05, 4.69) is 4.98 Å². The van der Waals surface area contributed by atoms with Crippen molar-refractivity contribution in [3.8, 4) is 0 Å². The fourth-order valence-corrected chi connectivity index (χ4v) is 4.39. The number of pyridine rings is 1. The molecule has 0 unspecified atom stereocenters. The number of fused-ring (bicyclic) bond motifs is 1. The van der Waals surface area contributed by atoms with Crippen LogP contribution in [0.15, 0.2) is 47.6 Å². The SMILES string of the molecule is O=C(O)c1sc2ccccc2c1CSc1ncccc1Cl. The Kier molecular flexibility index (Phi) is 4.14. The molecule has 1 aromatic carbocycles. The van der Waals surface area contributed by atoms with E-state index in [1.807, 2.05) is 24.3 Å². The van der Waals surface area contributed by atoms with Crippen molar-refractivity contribution < 1.29 is 9.90 Å². The quantitative estimate of drug-likeness (QED) is 0.686. The second-order valence-electron chi connectivity index (χ2n) is 4.29. The Hall–Kier alpha value is -1.56. The number of hydrogen-bond acceptors (Lipinski definition) is 4. The third kappa shape index (κ3) is 2.90. The third-order valence-corrected chi connectivity index (χ3v) is 5.62. The zero-order valence-corrected chi connectivity index (χ0v) is 13.1. The number of aromatic nitrogens is 1. The smallest absolute Gasteiger partial charge is 0.346 e. The molecule has 2 aromatic heterocycles. The van der Waals surface area contributed by atoms with Crippen molar-refractivity contribution in [3.63, 3.8) is 0 Å². The maximum absolute atomic E-state index is 11.4. The molecule has 0 spiro atoms. The molecule has 3 aromatic rings. The molecule has 21 heavy (non-hydrogen) atoms. The molecule has 0 aliphatic carbocycles. The van der Waals surface area contributed by atoms with E-state index >= 15 is 0 Å². The summed E-state index contributed by atoms with van der Waals surface area (Å²) in [6, 6.07) is 11.3. The van der Waals surface area contributed by atoms with Crippen molar-refractivity contribution in [1.29, 1.82) is 0 Å². The molecule has 2 heterocycles. The van der Waals surface area contributed by atoms with Crippen molar-refractivity contribution in [1.82, 2.24) is 4.98 Å². The zero-order chi connectivity index (χ0) is 14.8. The fraction of sp³-hybridized carbons (Fsp3) is 0.0667. The average Bonchev–Trinajstić information content (AvgIpc) is 2.85. The molecule has 0 fully saturated rings. The maximum atomic E-state index is 11.4. The minimum atomic E-state index is -0.890. The Morgan fingerprint density at radius 3 is 2.86 bits per heavy atom. The van der Waals surface area contributed by atoms with Crippen molar-refractivity contribution >= 4 is 50.8 Å². The van der Waals surface area contributed by atoms with Crippen LogP contribution < -0.4 is 0 Å². The van der Waals surface area contributed by atoms with Crippen LogP contribution in [-0.2, 0) is 5.75 Å². The Labute approximate surface area is 134 Å². The lowest BCUT2D eigenvalue weighted by Crippen LogP contribution is -1.97. The monoisotopic (exact) mass is 335 g/mol. The van der Waals surface area contributed by atoms with Gasteiger partial charge in [-0.05, 0) is 29.1 Å². The number of aromatic carboxylic acids is 1. The van der Waals surface area contributed by atoms with Gasteiger partial charge in [0.25, 0.3) is 0 Å². The summed E-state index contributed by atoms with van der Waals surface area (Å²) in [7, 11) is 0. The fourth-order valence-electron chi connectivity index (χ4n) is 2.03. The maximum Gasteiger partial charge on any atom is 0.346 e. The van der Waals surface area contributed by atoms with Gasteiger partial charge in [-0.15, -0.1) is 23.1 Å². The van der Waals surface area contributed by atoms with E-state index in [9.17, 15) is 9.90 Å². The molecule has 0 amide bonds. The van der Waals surface area contributed by atoms with Crippen molar-refractivity contribution in [3.05, 3.63) is 58.1 Å². The Balaban J connectivity index is 1.98. The first-order chi connectivity index (χ1) is 10.2. The van der Waals surface area contributed by atoms with E-state index in [1.165, 1.54) is 23.1 Å². The number of thioether (sulfide) groups is 1. The Morgan fingerprint density at radius 2 is 2.10 bits per heavy atom. The Morgan fingerprint density at radius 1 is 1.29 bits per heavy atom. The van der Waals surface area contributed by atoms with Gasteiger partial charge in [-0.25, -0.2) is 9.78 Å². The normalized spacial score (nSPS) is 10.9. The summed E-state index contributed by atoms with van der Waals surface area (Å²) in [6.07, 6.45) is 1.68. The standard InChI is InChI=1S/C15H10ClNO2S2/c16-11-5-3-7-17-14(11)20-8-10-9-4-1-2-6-12(9)21-13(10)15(18)19/h1-7H,8H2,(H,18,19).